The van der Waals surface area contributed by atoms with Crippen LogP contribution in [0.15, 0.2) is 24.3 Å². The number of hydrogen-bond acceptors (Lipinski definition) is 7. The molecule has 138 valence electrons. The Morgan fingerprint density at radius 3 is 3.00 bits per heavy atom. The lowest BCUT2D eigenvalue weighted by molar-refractivity contribution is -0.120. The Bertz CT molecular complexity index is 794. The Hall–Kier alpha value is -2.68. The van der Waals surface area contributed by atoms with Gasteiger partial charge in [0.25, 0.3) is 0 Å². The van der Waals surface area contributed by atoms with Gasteiger partial charge in [-0.3, -0.25) is 14.5 Å². The lowest BCUT2D eigenvalue weighted by atomic mass is 10.2. The van der Waals surface area contributed by atoms with E-state index in [1.54, 1.807) is 24.0 Å². The van der Waals surface area contributed by atoms with Crippen molar-refractivity contribution < 1.29 is 14.3 Å². The molecule has 3 rings (SSSR count). The summed E-state index contributed by atoms with van der Waals surface area (Å²) in [4.78, 5) is 27.3. The molecule has 0 aliphatic carbocycles. The van der Waals surface area contributed by atoms with Crippen molar-refractivity contribution in [1.29, 1.82) is 0 Å². The maximum Gasteiger partial charge on any atom is 0.239 e. The predicted molar refractivity (Wildman–Crippen MR) is 99.6 cm³/mol. The molecule has 1 aliphatic rings. The lowest BCUT2D eigenvalue weighted by Gasteiger charge is -2.15. The molecule has 2 amide bonds. The molecule has 0 saturated carbocycles. The van der Waals surface area contributed by atoms with Gasteiger partial charge in [0.1, 0.15) is 5.75 Å². The number of nitrogens with one attached hydrogen (secondary N) is 1. The molecule has 1 fully saturated rings. The summed E-state index contributed by atoms with van der Waals surface area (Å²) in [6.45, 7) is 1.26. The number of hydrogen-bond donors (Lipinski definition) is 1. The monoisotopic (exact) mass is 375 g/mol. The van der Waals surface area contributed by atoms with Crippen LogP contribution in [0.4, 0.5) is 10.3 Å². The minimum absolute atomic E-state index is 0.0754. The Kier molecular flexibility index (Phi) is 5.67. The molecule has 0 bridgehead atoms. The van der Waals surface area contributed by atoms with Crippen molar-refractivity contribution in [2.75, 3.05) is 37.0 Å². The van der Waals surface area contributed by atoms with E-state index < -0.39 is 0 Å². The molecular weight excluding hydrogens is 354 g/mol. The lowest BCUT2D eigenvalue weighted by Crippen LogP contribution is -2.34. The van der Waals surface area contributed by atoms with Crippen molar-refractivity contribution in [2.45, 2.75) is 19.4 Å². The topological polar surface area (TPSA) is 87.7 Å². The van der Waals surface area contributed by atoms with Crippen molar-refractivity contribution in [3.63, 3.8) is 0 Å². The molecule has 1 aromatic heterocycles. The van der Waals surface area contributed by atoms with Crippen LogP contribution in [0.1, 0.15) is 18.4 Å². The summed E-state index contributed by atoms with van der Waals surface area (Å²) in [6, 6.07) is 7.55. The van der Waals surface area contributed by atoms with Gasteiger partial charge in [0.05, 0.1) is 13.7 Å². The van der Waals surface area contributed by atoms with E-state index in [9.17, 15) is 9.59 Å². The Balaban J connectivity index is 1.52. The zero-order valence-electron chi connectivity index (χ0n) is 14.8. The zero-order chi connectivity index (χ0) is 18.5. The zero-order valence-corrected chi connectivity index (χ0v) is 15.6. The Labute approximate surface area is 155 Å². The molecule has 0 unspecified atom stereocenters. The number of likely N-dealkylation sites (N-methyl/N-ethyl adjacent to an activating group) is 1. The van der Waals surface area contributed by atoms with Crippen LogP contribution in [0.2, 0.25) is 0 Å². The van der Waals surface area contributed by atoms with Crippen LogP contribution in [0.25, 0.3) is 0 Å². The number of carbonyl (C=O) groups is 2. The Morgan fingerprint density at radius 2 is 2.27 bits per heavy atom. The quantitative estimate of drug-likeness (QED) is 0.788. The van der Waals surface area contributed by atoms with E-state index in [-0.39, 0.29) is 18.4 Å². The van der Waals surface area contributed by atoms with Crippen molar-refractivity contribution in [1.82, 2.24) is 15.5 Å². The summed E-state index contributed by atoms with van der Waals surface area (Å²) < 4.78 is 5.17. The predicted octanol–water partition coefficient (Wildman–Crippen LogP) is 1.43. The second kappa shape index (κ2) is 8.13. The van der Waals surface area contributed by atoms with E-state index >= 15 is 0 Å². The normalized spacial score (nSPS) is 13.8. The van der Waals surface area contributed by atoms with Crippen LogP contribution >= 0.6 is 11.3 Å². The highest BCUT2D eigenvalue weighted by Crippen LogP contribution is 2.29. The fourth-order valence-corrected chi connectivity index (χ4v) is 3.49. The number of rotatable bonds is 7. The summed E-state index contributed by atoms with van der Waals surface area (Å²) in [5, 5.41) is 12.2. The van der Waals surface area contributed by atoms with Gasteiger partial charge >= 0.3 is 0 Å². The molecular formula is C17H21N5O3S. The molecule has 8 nitrogen and oxygen atoms in total. The summed E-state index contributed by atoms with van der Waals surface area (Å²) in [5.74, 6) is 0.711. The largest absolute Gasteiger partial charge is 0.497 e. The molecule has 9 heteroatoms. The number of benzene rings is 1. The fourth-order valence-electron chi connectivity index (χ4n) is 2.64. The van der Waals surface area contributed by atoms with E-state index in [4.69, 9.17) is 4.74 Å². The van der Waals surface area contributed by atoms with E-state index in [0.717, 1.165) is 17.7 Å². The first-order valence-electron chi connectivity index (χ1n) is 8.31. The number of ether oxygens (including phenoxy) is 1. The third-order valence-corrected chi connectivity index (χ3v) is 5.10. The highest BCUT2D eigenvalue weighted by atomic mass is 32.1. The number of aromatic nitrogens is 2. The van der Waals surface area contributed by atoms with E-state index in [1.807, 2.05) is 24.3 Å². The molecule has 1 N–H and O–H groups in total. The smallest absolute Gasteiger partial charge is 0.239 e. The van der Waals surface area contributed by atoms with E-state index in [2.05, 4.69) is 15.5 Å². The summed E-state index contributed by atoms with van der Waals surface area (Å²) in [6.07, 6.45) is 1.40. The molecule has 0 radical (unpaired) electrons. The van der Waals surface area contributed by atoms with Crippen molar-refractivity contribution in [3.8, 4) is 5.75 Å². The van der Waals surface area contributed by atoms with Gasteiger partial charge in [-0.05, 0) is 24.1 Å². The van der Waals surface area contributed by atoms with Gasteiger partial charge in [-0.15, -0.1) is 10.2 Å². The van der Waals surface area contributed by atoms with Crippen LogP contribution in [0, 0.1) is 0 Å². The van der Waals surface area contributed by atoms with Crippen molar-refractivity contribution in [2.24, 2.45) is 0 Å². The summed E-state index contributed by atoms with van der Waals surface area (Å²) in [5.41, 5.74) is 0.964. The molecule has 2 heterocycles. The van der Waals surface area contributed by atoms with Gasteiger partial charge in [0.2, 0.25) is 22.1 Å². The molecule has 2 aromatic rings. The van der Waals surface area contributed by atoms with Gasteiger partial charge in [-0.25, -0.2) is 0 Å². The molecule has 0 atom stereocenters. The second-order valence-electron chi connectivity index (χ2n) is 6.00. The Morgan fingerprint density at radius 1 is 1.42 bits per heavy atom. The first-order valence-corrected chi connectivity index (χ1v) is 9.13. The average molecular weight is 375 g/mol. The number of carbonyl (C=O) groups excluding carboxylic acids is 2. The number of anilines is 2. The maximum absolute atomic E-state index is 12.2. The summed E-state index contributed by atoms with van der Waals surface area (Å²) in [7, 11) is 3.39. The first kappa shape index (κ1) is 18.1. The molecule has 1 aromatic carbocycles. The van der Waals surface area contributed by atoms with Crippen molar-refractivity contribution in [3.05, 3.63) is 29.8 Å². The minimum atomic E-state index is -0.121. The van der Waals surface area contributed by atoms with Crippen LogP contribution in [0.3, 0.4) is 0 Å². The standard InChI is InChI=1S/C17H21N5O3S/c1-21(16-19-20-17(26-16)22-8-4-7-15(22)24)11-14(23)18-10-12-5-3-6-13(9-12)25-2/h3,5-6,9H,4,7-8,10-11H2,1-2H3,(H,18,23). The highest BCUT2D eigenvalue weighted by molar-refractivity contribution is 7.19. The average Bonchev–Trinajstić information content (AvgIpc) is 3.29. The third-order valence-electron chi connectivity index (χ3n) is 4.04. The van der Waals surface area contributed by atoms with Gasteiger partial charge in [-0.1, -0.05) is 23.5 Å². The molecule has 0 spiro atoms. The van der Waals surface area contributed by atoms with Crippen LogP contribution in [0.5, 0.6) is 5.75 Å². The highest BCUT2D eigenvalue weighted by Gasteiger charge is 2.25. The first-order chi connectivity index (χ1) is 12.6. The van der Waals surface area contributed by atoms with Gasteiger partial charge in [0, 0.05) is 26.6 Å². The number of amides is 2. The van der Waals surface area contributed by atoms with Crippen molar-refractivity contribution >= 4 is 33.4 Å². The SMILES string of the molecule is COc1cccc(CNC(=O)CN(C)c2nnc(N3CCCC3=O)s2)c1. The second-order valence-corrected chi connectivity index (χ2v) is 6.93. The maximum atomic E-state index is 12.2. The molecule has 26 heavy (non-hydrogen) atoms. The van der Waals surface area contributed by atoms with Crippen LogP contribution < -0.4 is 19.9 Å². The van der Waals surface area contributed by atoms with Crippen LogP contribution in [-0.2, 0) is 16.1 Å². The third kappa shape index (κ3) is 4.29. The van der Waals surface area contributed by atoms with Gasteiger partial charge < -0.3 is 15.0 Å². The molecule has 1 aliphatic heterocycles. The summed E-state index contributed by atoms with van der Waals surface area (Å²) >= 11 is 1.32. The number of nitrogens with zero attached hydrogens (tertiary/aromatic N) is 4. The van der Waals surface area contributed by atoms with Crippen LogP contribution in [-0.4, -0.2) is 49.3 Å². The van der Waals surface area contributed by atoms with E-state index in [0.29, 0.717) is 29.8 Å². The van der Waals surface area contributed by atoms with E-state index in [1.165, 1.54) is 11.3 Å². The molecule has 1 saturated heterocycles. The number of methoxy groups -OCH3 is 1. The van der Waals surface area contributed by atoms with Gasteiger partial charge in [-0.2, -0.15) is 0 Å². The fraction of sp³-hybridized carbons (Fsp3) is 0.412. The van der Waals surface area contributed by atoms with Gasteiger partial charge in [0.15, 0.2) is 0 Å². The minimum Gasteiger partial charge on any atom is -0.497 e.